The molecule has 0 spiro atoms. The Balaban J connectivity index is 3.76. The Morgan fingerprint density at radius 3 is 2.44 bits per heavy atom. The van der Waals surface area contributed by atoms with Crippen molar-refractivity contribution in [3.8, 4) is 0 Å². The van der Waals surface area contributed by atoms with Crippen LogP contribution in [0.5, 0.6) is 0 Å². The van der Waals surface area contributed by atoms with Crippen molar-refractivity contribution < 1.29 is 14.6 Å². The second kappa shape index (κ2) is 3.58. The van der Waals surface area contributed by atoms with E-state index in [1.54, 1.807) is 6.92 Å². The van der Waals surface area contributed by atoms with E-state index in [1.807, 2.05) is 0 Å². The first kappa shape index (κ1) is 8.59. The second-order valence-electron chi connectivity index (χ2n) is 2.36. The Morgan fingerprint density at radius 2 is 2.33 bits per heavy atom. The highest BCUT2D eigenvalue weighted by Crippen LogP contribution is 2.10. The van der Waals surface area contributed by atoms with Crippen molar-refractivity contribution in [3.05, 3.63) is 0 Å². The highest BCUT2D eigenvalue weighted by atomic mass is 16.5. The SMILES string of the molecule is COCC(C)(C=O)CO. The first-order valence-corrected chi connectivity index (χ1v) is 2.74. The van der Waals surface area contributed by atoms with Crippen LogP contribution in [0, 0.1) is 5.41 Å². The van der Waals surface area contributed by atoms with Gasteiger partial charge in [-0.05, 0) is 6.92 Å². The molecule has 0 bridgehead atoms. The number of rotatable bonds is 4. The third kappa shape index (κ3) is 2.58. The highest BCUT2D eigenvalue weighted by Gasteiger charge is 2.21. The predicted molar refractivity (Wildman–Crippen MR) is 33.1 cm³/mol. The maximum atomic E-state index is 10.2. The quantitative estimate of drug-likeness (QED) is 0.540. The molecule has 0 aliphatic rings. The monoisotopic (exact) mass is 132 g/mol. The van der Waals surface area contributed by atoms with Crippen molar-refractivity contribution in [2.24, 2.45) is 5.41 Å². The summed E-state index contributed by atoms with van der Waals surface area (Å²) in [6.07, 6.45) is 0.705. The summed E-state index contributed by atoms with van der Waals surface area (Å²) in [5, 5.41) is 8.61. The smallest absolute Gasteiger partial charge is 0.130 e. The van der Waals surface area contributed by atoms with Gasteiger partial charge < -0.3 is 14.6 Å². The predicted octanol–water partition coefficient (Wildman–Crippen LogP) is -0.170. The zero-order valence-electron chi connectivity index (χ0n) is 5.76. The Kier molecular flexibility index (Phi) is 3.42. The maximum absolute atomic E-state index is 10.2. The van der Waals surface area contributed by atoms with Crippen LogP contribution in [0.1, 0.15) is 6.92 Å². The molecule has 1 atom stereocenters. The minimum Gasteiger partial charge on any atom is -0.395 e. The van der Waals surface area contributed by atoms with Crippen LogP contribution in [-0.2, 0) is 9.53 Å². The average Bonchev–Trinajstić information content (AvgIpc) is 1.89. The standard InChI is InChI=1S/C6H12O3/c1-6(3-7,4-8)5-9-2/h3,8H,4-5H2,1-2H3. The zero-order chi connectivity index (χ0) is 7.33. The van der Waals surface area contributed by atoms with Crippen molar-refractivity contribution in [2.75, 3.05) is 20.3 Å². The van der Waals surface area contributed by atoms with Gasteiger partial charge in [0.2, 0.25) is 0 Å². The van der Waals surface area contributed by atoms with E-state index in [9.17, 15) is 4.79 Å². The molecule has 54 valence electrons. The molecule has 0 aromatic heterocycles. The Labute approximate surface area is 54.6 Å². The van der Waals surface area contributed by atoms with E-state index >= 15 is 0 Å². The Bertz CT molecular complexity index is 92.3. The van der Waals surface area contributed by atoms with Crippen LogP contribution in [0.2, 0.25) is 0 Å². The third-order valence-corrected chi connectivity index (χ3v) is 1.12. The van der Waals surface area contributed by atoms with Gasteiger partial charge in [-0.2, -0.15) is 0 Å². The summed E-state index contributed by atoms with van der Waals surface area (Å²) >= 11 is 0. The number of aldehydes is 1. The first-order valence-electron chi connectivity index (χ1n) is 2.74. The summed E-state index contributed by atoms with van der Waals surface area (Å²) in [5.41, 5.74) is -0.714. The molecule has 0 saturated heterocycles. The van der Waals surface area contributed by atoms with Crippen LogP contribution in [0.25, 0.3) is 0 Å². The van der Waals surface area contributed by atoms with E-state index in [-0.39, 0.29) is 13.2 Å². The van der Waals surface area contributed by atoms with Gasteiger partial charge in [0.05, 0.1) is 18.6 Å². The number of carbonyl (C=O) groups is 1. The van der Waals surface area contributed by atoms with E-state index < -0.39 is 5.41 Å². The van der Waals surface area contributed by atoms with Crippen LogP contribution < -0.4 is 0 Å². The molecule has 0 heterocycles. The van der Waals surface area contributed by atoms with Gasteiger partial charge in [-0.25, -0.2) is 0 Å². The number of aliphatic hydroxyl groups is 1. The van der Waals surface area contributed by atoms with Crippen LogP contribution in [0.4, 0.5) is 0 Å². The fourth-order valence-electron chi connectivity index (χ4n) is 0.447. The van der Waals surface area contributed by atoms with Crippen molar-refractivity contribution in [1.29, 1.82) is 0 Å². The zero-order valence-corrected chi connectivity index (χ0v) is 5.76. The molecular formula is C6H12O3. The topological polar surface area (TPSA) is 46.5 Å². The third-order valence-electron chi connectivity index (χ3n) is 1.12. The van der Waals surface area contributed by atoms with Gasteiger partial charge in [0.1, 0.15) is 6.29 Å². The molecule has 0 saturated carbocycles. The lowest BCUT2D eigenvalue weighted by Gasteiger charge is -2.17. The van der Waals surface area contributed by atoms with Crippen LogP contribution >= 0.6 is 0 Å². The normalized spacial score (nSPS) is 16.8. The minimum absolute atomic E-state index is 0.162. The molecule has 0 fully saturated rings. The molecule has 9 heavy (non-hydrogen) atoms. The van der Waals surface area contributed by atoms with Gasteiger partial charge in [0.15, 0.2) is 0 Å². The number of ether oxygens (including phenoxy) is 1. The van der Waals surface area contributed by atoms with Gasteiger partial charge in [0.25, 0.3) is 0 Å². The molecule has 0 amide bonds. The van der Waals surface area contributed by atoms with Crippen LogP contribution in [0.3, 0.4) is 0 Å². The molecule has 1 unspecified atom stereocenters. The molecule has 3 nitrogen and oxygen atoms in total. The van der Waals surface area contributed by atoms with Crippen LogP contribution in [-0.4, -0.2) is 31.7 Å². The van der Waals surface area contributed by atoms with E-state index in [1.165, 1.54) is 7.11 Å². The molecule has 0 aromatic carbocycles. The molecule has 1 N–H and O–H groups in total. The molecule has 0 aromatic rings. The summed E-state index contributed by atoms with van der Waals surface area (Å²) in [7, 11) is 1.50. The lowest BCUT2D eigenvalue weighted by molar-refractivity contribution is -0.120. The molecule has 0 aliphatic heterocycles. The van der Waals surface area contributed by atoms with E-state index in [2.05, 4.69) is 0 Å². The summed E-state index contributed by atoms with van der Waals surface area (Å²) in [5.74, 6) is 0. The molecule has 0 radical (unpaired) electrons. The molecule has 0 aliphatic carbocycles. The number of methoxy groups -OCH3 is 1. The number of aliphatic hydroxyl groups excluding tert-OH is 1. The Hall–Kier alpha value is -0.410. The van der Waals surface area contributed by atoms with E-state index in [0.717, 1.165) is 0 Å². The molecular weight excluding hydrogens is 120 g/mol. The number of carbonyl (C=O) groups excluding carboxylic acids is 1. The lowest BCUT2D eigenvalue weighted by atomic mass is 9.96. The van der Waals surface area contributed by atoms with Gasteiger partial charge in [0, 0.05) is 7.11 Å². The van der Waals surface area contributed by atoms with Crippen molar-refractivity contribution in [1.82, 2.24) is 0 Å². The van der Waals surface area contributed by atoms with Crippen molar-refractivity contribution in [3.63, 3.8) is 0 Å². The van der Waals surface area contributed by atoms with E-state index in [4.69, 9.17) is 9.84 Å². The first-order chi connectivity index (χ1) is 4.18. The summed E-state index contributed by atoms with van der Waals surface area (Å²) < 4.78 is 4.70. The van der Waals surface area contributed by atoms with Crippen LogP contribution in [0.15, 0.2) is 0 Å². The summed E-state index contributed by atoms with van der Waals surface area (Å²) in [6.45, 7) is 1.75. The van der Waals surface area contributed by atoms with Gasteiger partial charge in [-0.3, -0.25) is 0 Å². The van der Waals surface area contributed by atoms with E-state index in [0.29, 0.717) is 6.29 Å². The summed E-state index contributed by atoms with van der Waals surface area (Å²) in [4.78, 5) is 10.2. The maximum Gasteiger partial charge on any atom is 0.130 e. The summed E-state index contributed by atoms with van der Waals surface area (Å²) in [6, 6.07) is 0. The number of hydrogen-bond acceptors (Lipinski definition) is 3. The largest absolute Gasteiger partial charge is 0.395 e. The second-order valence-corrected chi connectivity index (χ2v) is 2.36. The average molecular weight is 132 g/mol. The highest BCUT2D eigenvalue weighted by molar-refractivity contribution is 5.58. The minimum atomic E-state index is -0.714. The molecule has 3 heteroatoms. The fourth-order valence-corrected chi connectivity index (χ4v) is 0.447. The van der Waals surface area contributed by atoms with Crippen molar-refractivity contribution in [2.45, 2.75) is 6.92 Å². The Morgan fingerprint density at radius 1 is 1.78 bits per heavy atom. The van der Waals surface area contributed by atoms with Gasteiger partial charge in [-0.1, -0.05) is 0 Å². The van der Waals surface area contributed by atoms with Gasteiger partial charge in [-0.15, -0.1) is 0 Å². The van der Waals surface area contributed by atoms with Crippen molar-refractivity contribution >= 4 is 6.29 Å². The molecule has 0 rings (SSSR count). The van der Waals surface area contributed by atoms with Gasteiger partial charge >= 0.3 is 0 Å². The lowest BCUT2D eigenvalue weighted by Crippen LogP contribution is -2.28. The number of hydrogen-bond donors (Lipinski definition) is 1. The fraction of sp³-hybridized carbons (Fsp3) is 0.833.